The molecule has 1 aromatic carbocycles. The summed E-state index contributed by atoms with van der Waals surface area (Å²) in [5.74, 6) is -0.179. The first-order valence-corrected chi connectivity index (χ1v) is 4.83. The third-order valence-corrected chi connectivity index (χ3v) is 1.95. The van der Waals surface area contributed by atoms with E-state index in [0.717, 1.165) is 0 Å². The highest BCUT2D eigenvalue weighted by Gasteiger charge is 2.08. The predicted octanol–water partition coefficient (Wildman–Crippen LogP) is 2.76. The van der Waals surface area contributed by atoms with Gasteiger partial charge in [-0.15, -0.1) is 0 Å². The monoisotopic (exact) mass is 270 g/mol. The van der Waals surface area contributed by atoms with E-state index in [2.05, 4.69) is 15.3 Å². The van der Waals surface area contributed by atoms with Gasteiger partial charge in [-0.2, -0.15) is 24.4 Å². The quantitative estimate of drug-likeness (QED) is 0.674. The smallest absolute Gasteiger partial charge is 0.387 e. The molecule has 0 spiro atoms. The molecule has 0 unspecified atom stereocenters. The highest BCUT2D eigenvalue weighted by atomic mass is 35.5. The van der Waals surface area contributed by atoms with E-state index in [9.17, 15) is 8.78 Å². The lowest BCUT2D eigenvalue weighted by Crippen LogP contribution is -2.02. The van der Waals surface area contributed by atoms with Crippen LogP contribution in [0.5, 0.6) is 5.75 Å². The van der Waals surface area contributed by atoms with Crippen molar-refractivity contribution in [2.75, 3.05) is 5.43 Å². The number of alkyl halides is 2. The van der Waals surface area contributed by atoms with Gasteiger partial charge >= 0.3 is 6.61 Å². The Morgan fingerprint density at radius 1 is 1.39 bits per heavy atom. The van der Waals surface area contributed by atoms with E-state index in [0.29, 0.717) is 5.69 Å². The summed E-state index contributed by atoms with van der Waals surface area (Å²) in [6.07, 6.45) is 0. The Morgan fingerprint density at radius 3 is 2.56 bits per heavy atom. The van der Waals surface area contributed by atoms with Crippen LogP contribution >= 0.6 is 11.6 Å². The summed E-state index contributed by atoms with van der Waals surface area (Å²) in [5, 5.41) is 20.3. The molecule has 0 atom stereocenters. The average Bonchev–Trinajstić information content (AvgIpc) is 2.33. The second kappa shape index (κ2) is 6.38. The van der Waals surface area contributed by atoms with Crippen molar-refractivity contribution < 1.29 is 13.5 Å². The third kappa shape index (κ3) is 3.89. The average molecular weight is 271 g/mol. The van der Waals surface area contributed by atoms with Crippen molar-refractivity contribution in [3.8, 4) is 17.9 Å². The maximum absolute atomic E-state index is 12.0. The first-order valence-electron chi connectivity index (χ1n) is 4.45. The fourth-order valence-electron chi connectivity index (χ4n) is 0.957. The maximum Gasteiger partial charge on any atom is 0.387 e. The lowest BCUT2D eigenvalue weighted by atomic mass is 10.3. The summed E-state index contributed by atoms with van der Waals surface area (Å²) in [6.45, 7) is -2.97. The molecule has 0 heterocycles. The SMILES string of the molecule is N#CC(C#N)=NNc1ccc(OC(F)F)c(Cl)c1. The number of nitrogens with one attached hydrogen (secondary N) is 1. The summed E-state index contributed by atoms with van der Waals surface area (Å²) in [6, 6.07) is 6.93. The Bertz CT molecular complexity index is 532. The van der Waals surface area contributed by atoms with Gasteiger partial charge in [0.1, 0.15) is 17.9 Å². The molecule has 0 bridgehead atoms. The molecule has 1 rings (SSSR count). The molecule has 0 saturated carbocycles. The van der Waals surface area contributed by atoms with Crippen molar-refractivity contribution in [1.82, 2.24) is 0 Å². The number of ether oxygens (including phenoxy) is 1. The zero-order chi connectivity index (χ0) is 13.5. The number of hydrazone groups is 1. The van der Waals surface area contributed by atoms with Crippen molar-refractivity contribution in [2.24, 2.45) is 5.10 Å². The molecular weight excluding hydrogens is 266 g/mol. The molecule has 0 aliphatic carbocycles. The van der Waals surface area contributed by atoms with E-state index in [1.165, 1.54) is 18.2 Å². The molecular formula is C10H5ClF2N4O. The Labute approximate surface area is 106 Å². The number of anilines is 1. The maximum atomic E-state index is 12.0. The van der Waals surface area contributed by atoms with Crippen LogP contribution in [0.1, 0.15) is 0 Å². The van der Waals surface area contributed by atoms with Crippen LogP contribution in [0.25, 0.3) is 0 Å². The Balaban J connectivity index is 2.83. The second-order valence-electron chi connectivity index (χ2n) is 2.82. The minimum Gasteiger partial charge on any atom is -0.433 e. The molecule has 1 N–H and O–H groups in total. The molecule has 8 heteroatoms. The van der Waals surface area contributed by atoms with Crippen LogP contribution in [0, 0.1) is 22.7 Å². The van der Waals surface area contributed by atoms with Gasteiger partial charge < -0.3 is 4.74 Å². The number of benzene rings is 1. The standard InChI is InChI=1S/C10H5ClF2N4O/c11-8-3-6(16-17-7(4-14)5-15)1-2-9(8)18-10(12)13/h1-3,10,16H. The third-order valence-electron chi connectivity index (χ3n) is 1.66. The fraction of sp³-hybridized carbons (Fsp3) is 0.100. The summed E-state index contributed by atoms with van der Waals surface area (Å²) < 4.78 is 28.0. The van der Waals surface area contributed by atoms with Crippen LogP contribution in [-0.2, 0) is 0 Å². The molecule has 5 nitrogen and oxygen atoms in total. The van der Waals surface area contributed by atoms with Crippen LogP contribution < -0.4 is 10.2 Å². The van der Waals surface area contributed by atoms with Crippen LogP contribution in [0.15, 0.2) is 23.3 Å². The van der Waals surface area contributed by atoms with Gasteiger partial charge in [-0.1, -0.05) is 11.6 Å². The molecule has 0 amide bonds. The Hall–Kier alpha value is -2.38. The normalized spacial score (nSPS) is 9.22. The first kappa shape index (κ1) is 13.7. The van der Waals surface area contributed by atoms with Crippen LogP contribution in [-0.4, -0.2) is 12.3 Å². The van der Waals surface area contributed by atoms with Crippen molar-refractivity contribution in [3.05, 3.63) is 23.2 Å². The van der Waals surface area contributed by atoms with Gasteiger partial charge in [0.05, 0.1) is 10.7 Å². The zero-order valence-corrected chi connectivity index (χ0v) is 9.45. The zero-order valence-electron chi connectivity index (χ0n) is 8.69. The molecule has 0 aliphatic heterocycles. The van der Waals surface area contributed by atoms with E-state index in [-0.39, 0.29) is 16.5 Å². The van der Waals surface area contributed by atoms with E-state index in [4.69, 9.17) is 22.1 Å². The van der Waals surface area contributed by atoms with Crippen molar-refractivity contribution in [2.45, 2.75) is 6.61 Å². The van der Waals surface area contributed by atoms with Gasteiger partial charge in [0, 0.05) is 0 Å². The molecule has 1 aromatic rings. The van der Waals surface area contributed by atoms with Gasteiger partial charge in [-0.05, 0) is 18.2 Å². The van der Waals surface area contributed by atoms with Gasteiger partial charge in [0.15, 0.2) is 0 Å². The van der Waals surface area contributed by atoms with Crippen molar-refractivity contribution >= 4 is 23.0 Å². The number of halogens is 3. The Kier molecular flexibility index (Phi) is 4.85. The first-order chi connectivity index (χ1) is 8.56. The molecule has 0 aliphatic rings. The molecule has 18 heavy (non-hydrogen) atoms. The van der Waals surface area contributed by atoms with Crippen molar-refractivity contribution in [3.63, 3.8) is 0 Å². The highest BCUT2D eigenvalue weighted by molar-refractivity contribution is 6.32. The topological polar surface area (TPSA) is 81.2 Å². The van der Waals surface area contributed by atoms with Gasteiger partial charge in [0.25, 0.3) is 0 Å². The van der Waals surface area contributed by atoms with Gasteiger partial charge in [0.2, 0.25) is 5.71 Å². The molecule has 0 saturated heterocycles. The van der Waals surface area contributed by atoms with Gasteiger partial charge in [-0.25, -0.2) is 0 Å². The second-order valence-corrected chi connectivity index (χ2v) is 3.23. The van der Waals surface area contributed by atoms with Crippen LogP contribution in [0.2, 0.25) is 5.02 Å². The van der Waals surface area contributed by atoms with Crippen molar-refractivity contribution in [1.29, 1.82) is 10.5 Å². The summed E-state index contributed by atoms with van der Waals surface area (Å²) in [4.78, 5) is 0. The lowest BCUT2D eigenvalue weighted by Gasteiger charge is -2.07. The highest BCUT2D eigenvalue weighted by Crippen LogP contribution is 2.28. The molecule has 0 radical (unpaired) electrons. The number of rotatable bonds is 4. The lowest BCUT2D eigenvalue weighted by molar-refractivity contribution is -0.0497. The fourth-order valence-corrected chi connectivity index (χ4v) is 1.18. The van der Waals surface area contributed by atoms with Crippen LogP contribution in [0.4, 0.5) is 14.5 Å². The van der Waals surface area contributed by atoms with Crippen LogP contribution in [0.3, 0.4) is 0 Å². The number of hydrogen-bond donors (Lipinski definition) is 1. The molecule has 92 valence electrons. The van der Waals surface area contributed by atoms with E-state index in [1.807, 2.05) is 0 Å². The number of nitrogens with zero attached hydrogens (tertiary/aromatic N) is 3. The molecule has 0 aromatic heterocycles. The minimum atomic E-state index is -2.97. The summed E-state index contributed by atoms with van der Waals surface area (Å²) >= 11 is 5.68. The molecule has 0 fully saturated rings. The van der Waals surface area contributed by atoms with E-state index < -0.39 is 6.61 Å². The van der Waals surface area contributed by atoms with E-state index >= 15 is 0 Å². The number of nitriles is 2. The largest absolute Gasteiger partial charge is 0.433 e. The minimum absolute atomic E-state index is 0.0500. The summed E-state index contributed by atoms with van der Waals surface area (Å²) in [7, 11) is 0. The predicted molar refractivity (Wildman–Crippen MR) is 60.4 cm³/mol. The number of hydrogen-bond acceptors (Lipinski definition) is 5. The van der Waals surface area contributed by atoms with Gasteiger partial charge in [-0.3, -0.25) is 5.43 Å². The Morgan fingerprint density at radius 2 is 2.06 bits per heavy atom. The summed E-state index contributed by atoms with van der Waals surface area (Å²) in [5.41, 5.74) is 2.33. The van der Waals surface area contributed by atoms with E-state index in [1.54, 1.807) is 12.1 Å².